The molecule has 8 heteroatoms. The van der Waals surface area contributed by atoms with Gasteiger partial charge in [0, 0.05) is 11.9 Å². The molecule has 1 aromatic heterocycles. The molecule has 0 radical (unpaired) electrons. The van der Waals surface area contributed by atoms with Gasteiger partial charge in [-0.3, -0.25) is 19.4 Å². The first-order chi connectivity index (χ1) is 10.0. The first-order valence-electron chi connectivity index (χ1n) is 6.38. The minimum absolute atomic E-state index is 0.380. The van der Waals surface area contributed by atoms with Crippen molar-refractivity contribution in [3.8, 4) is 5.75 Å². The SMILES string of the molecule is CCCOc1cc(Sc2nc(=O)c(=O)[nH]n2C)ccc1N. The maximum atomic E-state index is 11.3. The van der Waals surface area contributed by atoms with Crippen LogP contribution in [0.5, 0.6) is 5.75 Å². The number of aryl methyl sites for hydroxylation is 1. The van der Waals surface area contributed by atoms with E-state index in [-0.39, 0.29) is 0 Å². The van der Waals surface area contributed by atoms with E-state index in [0.717, 1.165) is 11.3 Å². The molecule has 0 spiro atoms. The van der Waals surface area contributed by atoms with Crippen LogP contribution in [0.2, 0.25) is 0 Å². The van der Waals surface area contributed by atoms with E-state index in [1.807, 2.05) is 6.92 Å². The topological polar surface area (TPSA) is 103 Å². The summed E-state index contributed by atoms with van der Waals surface area (Å²) in [7, 11) is 1.61. The van der Waals surface area contributed by atoms with Crippen molar-refractivity contribution < 1.29 is 4.74 Å². The van der Waals surface area contributed by atoms with Gasteiger partial charge in [-0.25, -0.2) is 0 Å². The lowest BCUT2D eigenvalue weighted by Gasteiger charge is -2.10. The van der Waals surface area contributed by atoms with Gasteiger partial charge in [0.1, 0.15) is 5.75 Å². The zero-order valence-electron chi connectivity index (χ0n) is 11.8. The molecule has 0 fully saturated rings. The third kappa shape index (κ3) is 3.66. The molecule has 1 aromatic carbocycles. The Balaban J connectivity index is 2.29. The second-order valence-corrected chi connectivity index (χ2v) is 5.39. The zero-order valence-corrected chi connectivity index (χ0v) is 12.6. The van der Waals surface area contributed by atoms with Crippen molar-refractivity contribution in [1.82, 2.24) is 14.8 Å². The molecule has 1 heterocycles. The van der Waals surface area contributed by atoms with Crippen molar-refractivity contribution in [2.45, 2.75) is 23.4 Å². The zero-order chi connectivity index (χ0) is 15.4. The molecular weight excluding hydrogens is 292 g/mol. The number of anilines is 1. The number of nitrogens with one attached hydrogen (secondary N) is 1. The first kappa shape index (κ1) is 15.2. The lowest BCUT2D eigenvalue weighted by atomic mass is 10.3. The normalized spacial score (nSPS) is 10.6. The van der Waals surface area contributed by atoms with Gasteiger partial charge in [-0.1, -0.05) is 6.92 Å². The van der Waals surface area contributed by atoms with Crippen LogP contribution in [0.1, 0.15) is 13.3 Å². The van der Waals surface area contributed by atoms with Crippen molar-refractivity contribution in [2.24, 2.45) is 7.05 Å². The molecule has 0 saturated carbocycles. The van der Waals surface area contributed by atoms with E-state index in [0.29, 0.717) is 23.2 Å². The summed E-state index contributed by atoms with van der Waals surface area (Å²) in [6.07, 6.45) is 0.882. The van der Waals surface area contributed by atoms with Gasteiger partial charge in [-0.15, -0.1) is 0 Å². The highest BCUT2D eigenvalue weighted by Gasteiger charge is 2.08. The second-order valence-electron chi connectivity index (χ2n) is 4.35. The van der Waals surface area contributed by atoms with E-state index < -0.39 is 11.1 Å². The number of benzene rings is 1. The second kappa shape index (κ2) is 6.49. The van der Waals surface area contributed by atoms with E-state index >= 15 is 0 Å². The largest absolute Gasteiger partial charge is 0.491 e. The van der Waals surface area contributed by atoms with Gasteiger partial charge in [0.25, 0.3) is 0 Å². The molecule has 21 heavy (non-hydrogen) atoms. The Morgan fingerprint density at radius 3 is 2.90 bits per heavy atom. The van der Waals surface area contributed by atoms with Crippen LogP contribution in [0.25, 0.3) is 0 Å². The Morgan fingerprint density at radius 2 is 2.19 bits per heavy atom. The van der Waals surface area contributed by atoms with Crippen molar-refractivity contribution in [3.05, 3.63) is 38.9 Å². The summed E-state index contributed by atoms with van der Waals surface area (Å²) in [5.74, 6) is 0.594. The average molecular weight is 308 g/mol. The van der Waals surface area contributed by atoms with Crippen molar-refractivity contribution >= 4 is 17.4 Å². The predicted octanol–water partition coefficient (Wildman–Crippen LogP) is 0.991. The van der Waals surface area contributed by atoms with Gasteiger partial charge in [0.05, 0.1) is 12.3 Å². The highest BCUT2D eigenvalue weighted by Crippen LogP contribution is 2.31. The fourth-order valence-corrected chi connectivity index (χ4v) is 2.40. The average Bonchev–Trinajstić information content (AvgIpc) is 2.45. The molecular formula is C13H16N4O3S. The van der Waals surface area contributed by atoms with Crippen molar-refractivity contribution in [1.29, 1.82) is 0 Å². The fourth-order valence-electron chi connectivity index (χ4n) is 1.57. The number of nitrogens with two attached hydrogens (primary N) is 1. The lowest BCUT2D eigenvalue weighted by Crippen LogP contribution is -2.33. The van der Waals surface area contributed by atoms with Crippen LogP contribution in [0, 0.1) is 0 Å². The molecule has 0 aliphatic rings. The molecule has 2 rings (SSSR count). The van der Waals surface area contributed by atoms with E-state index in [2.05, 4.69) is 10.1 Å². The third-order valence-corrected chi connectivity index (χ3v) is 3.64. The summed E-state index contributed by atoms with van der Waals surface area (Å²) in [4.78, 5) is 27.0. The highest BCUT2D eigenvalue weighted by atomic mass is 32.2. The monoisotopic (exact) mass is 308 g/mol. The van der Waals surface area contributed by atoms with Gasteiger partial charge in [-0.05, 0) is 36.4 Å². The van der Waals surface area contributed by atoms with Crippen LogP contribution >= 0.6 is 11.8 Å². The first-order valence-corrected chi connectivity index (χ1v) is 7.20. The van der Waals surface area contributed by atoms with Crippen molar-refractivity contribution in [2.75, 3.05) is 12.3 Å². The number of aromatic nitrogens is 3. The maximum Gasteiger partial charge on any atom is 0.339 e. The van der Waals surface area contributed by atoms with Gasteiger partial charge >= 0.3 is 11.1 Å². The predicted molar refractivity (Wildman–Crippen MR) is 80.9 cm³/mol. The lowest BCUT2D eigenvalue weighted by molar-refractivity contribution is 0.318. The summed E-state index contributed by atoms with van der Waals surface area (Å²) in [5.41, 5.74) is 4.84. The Morgan fingerprint density at radius 1 is 1.43 bits per heavy atom. The molecule has 0 atom stereocenters. The molecule has 0 aliphatic carbocycles. The van der Waals surface area contributed by atoms with E-state index in [1.54, 1.807) is 25.2 Å². The molecule has 2 aromatic rings. The van der Waals surface area contributed by atoms with Crippen molar-refractivity contribution in [3.63, 3.8) is 0 Å². The minimum Gasteiger partial charge on any atom is -0.491 e. The molecule has 0 bridgehead atoms. The third-order valence-electron chi connectivity index (χ3n) is 2.60. The number of ether oxygens (including phenoxy) is 1. The van der Waals surface area contributed by atoms with Crippen LogP contribution in [0.15, 0.2) is 37.8 Å². The van der Waals surface area contributed by atoms with E-state index in [1.165, 1.54) is 16.4 Å². The quantitative estimate of drug-likeness (QED) is 0.631. The summed E-state index contributed by atoms with van der Waals surface area (Å²) in [6, 6.07) is 5.32. The summed E-state index contributed by atoms with van der Waals surface area (Å²) >= 11 is 1.24. The number of aromatic amines is 1. The van der Waals surface area contributed by atoms with Gasteiger partial charge in [-0.2, -0.15) is 4.98 Å². The number of H-pyrrole nitrogens is 1. The van der Waals surface area contributed by atoms with Crippen LogP contribution in [-0.4, -0.2) is 21.4 Å². The Hall–Kier alpha value is -2.22. The molecule has 0 saturated heterocycles. The fraction of sp³-hybridized carbons (Fsp3) is 0.308. The summed E-state index contributed by atoms with van der Waals surface area (Å²) < 4.78 is 6.95. The number of hydrogen-bond acceptors (Lipinski definition) is 6. The maximum absolute atomic E-state index is 11.3. The number of rotatable bonds is 5. The van der Waals surface area contributed by atoms with Gasteiger partial charge in [0.15, 0.2) is 5.16 Å². The van der Waals surface area contributed by atoms with Crippen LogP contribution in [-0.2, 0) is 7.05 Å². The minimum atomic E-state index is -0.812. The van der Waals surface area contributed by atoms with Gasteiger partial charge in [0.2, 0.25) is 0 Å². The summed E-state index contributed by atoms with van der Waals surface area (Å²) in [6.45, 7) is 2.59. The smallest absolute Gasteiger partial charge is 0.339 e. The molecule has 0 unspecified atom stereocenters. The Kier molecular flexibility index (Phi) is 4.69. The van der Waals surface area contributed by atoms with Crippen LogP contribution in [0.3, 0.4) is 0 Å². The van der Waals surface area contributed by atoms with Crippen LogP contribution < -0.4 is 21.6 Å². The number of hydrogen-bond donors (Lipinski definition) is 2. The molecule has 0 aliphatic heterocycles. The van der Waals surface area contributed by atoms with Gasteiger partial charge < -0.3 is 10.5 Å². The molecule has 112 valence electrons. The highest BCUT2D eigenvalue weighted by molar-refractivity contribution is 7.99. The van der Waals surface area contributed by atoms with Crippen LogP contribution in [0.4, 0.5) is 5.69 Å². The number of nitrogen functional groups attached to an aromatic ring is 1. The molecule has 3 N–H and O–H groups in total. The Labute approximate surface area is 125 Å². The van der Waals surface area contributed by atoms with E-state index in [4.69, 9.17) is 10.5 Å². The molecule has 7 nitrogen and oxygen atoms in total. The van der Waals surface area contributed by atoms with E-state index in [9.17, 15) is 9.59 Å². The summed E-state index contributed by atoms with van der Waals surface area (Å²) in [5, 5.41) is 2.78. The number of nitrogens with zero attached hydrogens (tertiary/aromatic N) is 2. The standard InChI is InChI=1S/C13H16N4O3S/c1-3-6-20-10-7-8(4-5-9(10)14)21-13-15-11(18)12(19)16-17(13)2/h4-5,7H,3,6,14H2,1-2H3,(H,16,19). The Bertz CT molecular complexity index is 754. The molecule has 0 amide bonds.